The van der Waals surface area contributed by atoms with Gasteiger partial charge in [-0.15, -0.1) is 0 Å². The number of halogens is 2. The molecule has 0 aliphatic heterocycles. The zero-order valence-corrected chi connectivity index (χ0v) is 11.6. The molecule has 0 saturated carbocycles. The number of nitrogen functional groups attached to an aromatic ring is 1. The zero-order valence-electron chi connectivity index (χ0n) is 9.30. The predicted octanol–water partition coefficient (Wildman–Crippen LogP) is 4.74. The van der Waals surface area contributed by atoms with Crippen LogP contribution in [0.3, 0.4) is 0 Å². The molecule has 0 radical (unpaired) electrons. The normalized spacial score (nSPS) is 10.3. The van der Waals surface area contributed by atoms with E-state index in [-0.39, 0.29) is 0 Å². The molecule has 3 N–H and O–H groups in total. The minimum Gasteiger partial charge on any atom is -0.397 e. The van der Waals surface area contributed by atoms with Crippen LogP contribution in [0, 0.1) is 6.92 Å². The van der Waals surface area contributed by atoms with Gasteiger partial charge < -0.3 is 11.1 Å². The lowest BCUT2D eigenvalue weighted by atomic mass is 10.2. The molecule has 0 aliphatic rings. The van der Waals surface area contributed by atoms with Crippen molar-refractivity contribution in [1.82, 2.24) is 0 Å². The maximum Gasteiger partial charge on any atom is 0.0618 e. The Hall–Kier alpha value is -1.19. The van der Waals surface area contributed by atoms with Gasteiger partial charge in [0, 0.05) is 15.2 Å². The van der Waals surface area contributed by atoms with Crippen molar-refractivity contribution in [3.63, 3.8) is 0 Å². The lowest BCUT2D eigenvalue weighted by molar-refractivity contribution is 1.42. The third kappa shape index (κ3) is 2.93. The van der Waals surface area contributed by atoms with E-state index in [0.717, 1.165) is 15.8 Å². The van der Waals surface area contributed by atoms with Crippen LogP contribution in [-0.2, 0) is 0 Å². The van der Waals surface area contributed by atoms with Crippen molar-refractivity contribution in [2.24, 2.45) is 0 Å². The van der Waals surface area contributed by atoms with E-state index in [9.17, 15) is 0 Å². The van der Waals surface area contributed by atoms with Gasteiger partial charge in [0.05, 0.1) is 11.4 Å². The Balaban J connectivity index is 2.28. The van der Waals surface area contributed by atoms with Gasteiger partial charge in [-0.2, -0.15) is 0 Å². The first-order valence-electron chi connectivity index (χ1n) is 5.14. The third-order valence-corrected chi connectivity index (χ3v) is 3.55. The Morgan fingerprint density at radius 3 is 2.59 bits per heavy atom. The Morgan fingerprint density at radius 1 is 1.18 bits per heavy atom. The molecule has 0 aliphatic carbocycles. The van der Waals surface area contributed by atoms with Crippen LogP contribution in [0.25, 0.3) is 0 Å². The molecule has 0 saturated heterocycles. The fourth-order valence-electron chi connectivity index (χ4n) is 1.47. The van der Waals surface area contributed by atoms with Gasteiger partial charge in [-0.05, 0) is 42.8 Å². The zero-order chi connectivity index (χ0) is 12.4. The average Bonchev–Trinajstić information content (AvgIpc) is 2.27. The number of hydrogen-bond donors (Lipinski definition) is 2. The molecule has 0 unspecified atom stereocenters. The van der Waals surface area contributed by atoms with Crippen molar-refractivity contribution < 1.29 is 0 Å². The molecule has 0 heterocycles. The van der Waals surface area contributed by atoms with E-state index in [4.69, 9.17) is 17.3 Å². The van der Waals surface area contributed by atoms with E-state index in [1.165, 1.54) is 5.56 Å². The molecule has 4 heteroatoms. The first kappa shape index (κ1) is 12.3. The molecule has 2 rings (SSSR count). The second-order valence-corrected chi connectivity index (χ2v) is 5.11. The van der Waals surface area contributed by atoms with Gasteiger partial charge in [0.1, 0.15) is 0 Å². The number of rotatable bonds is 2. The van der Waals surface area contributed by atoms with Crippen molar-refractivity contribution >= 4 is 44.6 Å². The topological polar surface area (TPSA) is 38.0 Å². The van der Waals surface area contributed by atoms with Gasteiger partial charge in [-0.25, -0.2) is 0 Å². The lowest BCUT2D eigenvalue weighted by Gasteiger charge is -2.10. The van der Waals surface area contributed by atoms with Gasteiger partial charge >= 0.3 is 0 Å². The largest absolute Gasteiger partial charge is 0.397 e. The highest BCUT2D eigenvalue weighted by Gasteiger charge is 2.02. The van der Waals surface area contributed by atoms with Gasteiger partial charge in [0.15, 0.2) is 0 Å². The summed E-state index contributed by atoms with van der Waals surface area (Å²) in [5, 5.41) is 3.89. The minimum absolute atomic E-state index is 0.634. The highest BCUT2D eigenvalue weighted by atomic mass is 79.9. The Morgan fingerprint density at radius 2 is 1.94 bits per heavy atom. The molecule has 0 amide bonds. The molecule has 0 spiro atoms. The smallest absolute Gasteiger partial charge is 0.0618 e. The number of anilines is 3. The highest BCUT2D eigenvalue weighted by Crippen LogP contribution is 2.28. The van der Waals surface area contributed by atoms with Crippen molar-refractivity contribution in [1.29, 1.82) is 0 Å². The Bertz CT molecular complexity index is 555. The van der Waals surface area contributed by atoms with E-state index in [1.54, 1.807) is 6.07 Å². The molecule has 2 aromatic rings. The molecule has 88 valence electrons. The average molecular weight is 312 g/mol. The third-order valence-electron chi connectivity index (χ3n) is 2.46. The highest BCUT2D eigenvalue weighted by molar-refractivity contribution is 9.10. The fourth-order valence-corrected chi connectivity index (χ4v) is 2.03. The first-order valence-corrected chi connectivity index (χ1v) is 6.31. The molecule has 2 aromatic carbocycles. The van der Waals surface area contributed by atoms with E-state index in [2.05, 4.69) is 21.2 Å². The van der Waals surface area contributed by atoms with E-state index < -0.39 is 0 Å². The van der Waals surface area contributed by atoms with Crippen LogP contribution in [-0.4, -0.2) is 0 Å². The molecular weight excluding hydrogens is 300 g/mol. The summed E-state index contributed by atoms with van der Waals surface area (Å²) in [5.41, 5.74) is 9.54. The standard InChI is InChI=1S/C13H12BrClN2/c1-8-2-4-10(7-11(8)14)17-13-5-3-9(15)6-12(13)16/h2-7,17H,16H2,1H3. The van der Waals surface area contributed by atoms with Gasteiger partial charge in [-0.3, -0.25) is 0 Å². The second-order valence-electron chi connectivity index (χ2n) is 3.82. The van der Waals surface area contributed by atoms with Crippen molar-refractivity contribution in [3.8, 4) is 0 Å². The monoisotopic (exact) mass is 310 g/mol. The second kappa shape index (κ2) is 4.98. The van der Waals surface area contributed by atoms with E-state index in [1.807, 2.05) is 37.3 Å². The summed E-state index contributed by atoms with van der Waals surface area (Å²) in [6, 6.07) is 11.5. The van der Waals surface area contributed by atoms with Gasteiger partial charge in [0.25, 0.3) is 0 Å². The summed E-state index contributed by atoms with van der Waals surface area (Å²) in [7, 11) is 0. The molecule has 2 nitrogen and oxygen atoms in total. The summed E-state index contributed by atoms with van der Waals surface area (Å²) < 4.78 is 1.06. The number of hydrogen-bond acceptors (Lipinski definition) is 2. The van der Waals surface area contributed by atoms with Crippen LogP contribution in [0.4, 0.5) is 17.1 Å². The molecular formula is C13H12BrClN2. The predicted molar refractivity (Wildman–Crippen MR) is 78.0 cm³/mol. The van der Waals surface area contributed by atoms with Crippen LogP contribution in [0.2, 0.25) is 5.02 Å². The van der Waals surface area contributed by atoms with Crippen LogP contribution < -0.4 is 11.1 Å². The summed E-state index contributed by atoms with van der Waals surface area (Å²) in [5.74, 6) is 0. The van der Waals surface area contributed by atoms with Crippen LogP contribution in [0.1, 0.15) is 5.56 Å². The summed E-state index contributed by atoms with van der Waals surface area (Å²) in [4.78, 5) is 0. The molecule has 17 heavy (non-hydrogen) atoms. The van der Waals surface area contributed by atoms with Crippen LogP contribution in [0.5, 0.6) is 0 Å². The quantitative estimate of drug-likeness (QED) is 0.786. The lowest BCUT2D eigenvalue weighted by Crippen LogP contribution is -1.96. The maximum absolute atomic E-state index is 5.88. The van der Waals surface area contributed by atoms with Crippen molar-refractivity contribution in [3.05, 3.63) is 51.5 Å². The molecule has 0 bridgehead atoms. The number of benzene rings is 2. The maximum atomic E-state index is 5.88. The van der Waals surface area contributed by atoms with Crippen molar-refractivity contribution in [2.45, 2.75) is 6.92 Å². The SMILES string of the molecule is Cc1ccc(Nc2ccc(Cl)cc2N)cc1Br. The van der Waals surface area contributed by atoms with Gasteiger partial charge in [-0.1, -0.05) is 33.6 Å². The number of nitrogens with one attached hydrogen (secondary N) is 1. The van der Waals surface area contributed by atoms with Crippen LogP contribution in [0.15, 0.2) is 40.9 Å². The Kier molecular flexibility index (Phi) is 3.60. The van der Waals surface area contributed by atoms with Crippen LogP contribution >= 0.6 is 27.5 Å². The fraction of sp³-hybridized carbons (Fsp3) is 0.0769. The Labute approximate surface area is 114 Å². The molecule has 0 atom stereocenters. The molecule has 0 aromatic heterocycles. The summed E-state index contributed by atoms with van der Waals surface area (Å²) in [6.07, 6.45) is 0. The first-order chi connectivity index (χ1) is 8.06. The van der Waals surface area contributed by atoms with E-state index in [0.29, 0.717) is 10.7 Å². The molecule has 0 fully saturated rings. The minimum atomic E-state index is 0.634. The summed E-state index contributed by atoms with van der Waals surface area (Å²) >= 11 is 9.35. The van der Waals surface area contributed by atoms with E-state index >= 15 is 0 Å². The van der Waals surface area contributed by atoms with Crippen molar-refractivity contribution in [2.75, 3.05) is 11.1 Å². The number of nitrogens with two attached hydrogens (primary N) is 1. The number of aryl methyl sites for hydroxylation is 1. The van der Waals surface area contributed by atoms with Gasteiger partial charge in [0.2, 0.25) is 0 Å². The summed E-state index contributed by atoms with van der Waals surface area (Å²) in [6.45, 7) is 2.05.